The standard InChI is InChI=1S/C9H10N4O/c1-6-2-10-9(13-8(6)5-14)7-3-11-12-4-7/h2-4,14H,5H2,1H3,(H,11,12). The lowest BCUT2D eigenvalue weighted by Crippen LogP contribution is -1.97. The van der Waals surface area contributed by atoms with Crippen LogP contribution in [0, 0.1) is 6.92 Å². The molecule has 2 N–H and O–H groups in total. The van der Waals surface area contributed by atoms with Crippen molar-refractivity contribution in [3.63, 3.8) is 0 Å². The molecule has 0 aliphatic rings. The highest BCUT2D eigenvalue weighted by atomic mass is 16.3. The van der Waals surface area contributed by atoms with Gasteiger partial charge in [0.15, 0.2) is 5.82 Å². The summed E-state index contributed by atoms with van der Waals surface area (Å²) < 4.78 is 0. The van der Waals surface area contributed by atoms with Gasteiger partial charge in [-0.1, -0.05) is 0 Å². The van der Waals surface area contributed by atoms with Crippen LogP contribution < -0.4 is 0 Å². The minimum atomic E-state index is -0.0702. The first-order chi connectivity index (χ1) is 6.81. The van der Waals surface area contributed by atoms with E-state index in [0.717, 1.165) is 11.1 Å². The summed E-state index contributed by atoms with van der Waals surface area (Å²) in [6, 6.07) is 0. The molecule has 2 heterocycles. The molecular weight excluding hydrogens is 180 g/mol. The minimum Gasteiger partial charge on any atom is -0.390 e. The Morgan fingerprint density at radius 3 is 2.93 bits per heavy atom. The molecule has 0 saturated carbocycles. The van der Waals surface area contributed by atoms with Crippen molar-refractivity contribution in [1.29, 1.82) is 0 Å². The van der Waals surface area contributed by atoms with E-state index < -0.39 is 0 Å². The van der Waals surface area contributed by atoms with Gasteiger partial charge in [0.2, 0.25) is 0 Å². The Kier molecular flexibility index (Phi) is 2.24. The van der Waals surface area contributed by atoms with Crippen molar-refractivity contribution in [2.24, 2.45) is 0 Å². The first-order valence-electron chi connectivity index (χ1n) is 4.24. The molecule has 0 unspecified atom stereocenters. The summed E-state index contributed by atoms with van der Waals surface area (Å²) in [7, 11) is 0. The fraction of sp³-hybridized carbons (Fsp3) is 0.222. The summed E-state index contributed by atoms with van der Waals surface area (Å²) in [5, 5.41) is 15.5. The van der Waals surface area contributed by atoms with Crippen LogP contribution in [0.5, 0.6) is 0 Å². The maximum Gasteiger partial charge on any atom is 0.162 e. The van der Waals surface area contributed by atoms with Crippen molar-refractivity contribution in [3.05, 3.63) is 29.8 Å². The lowest BCUT2D eigenvalue weighted by atomic mass is 10.2. The fourth-order valence-corrected chi connectivity index (χ4v) is 1.15. The molecule has 0 atom stereocenters. The molecule has 0 aliphatic carbocycles. The molecule has 0 spiro atoms. The van der Waals surface area contributed by atoms with Crippen molar-refractivity contribution in [1.82, 2.24) is 20.2 Å². The number of H-pyrrole nitrogens is 1. The number of hydrogen-bond acceptors (Lipinski definition) is 4. The Labute approximate surface area is 80.8 Å². The van der Waals surface area contributed by atoms with Gasteiger partial charge in [-0.3, -0.25) is 5.10 Å². The Morgan fingerprint density at radius 2 is 2.29 bits per heavy atom. The molecule has 5 heteroatoms. The number of nitrogens with zero attached hydrogens (tertiary/aromatic N) is 3. The van der Waals surface area contributed by atoms with E-state index in [2.05, 4.69) is 20.2 Å². The second-order valence-electron chi connectivity index (χ2n) is 2.97. The van der Waals surface area contributed by atoms with E-state index in [9.17, 15) is 0 Å². The van der Waals surface area contributed by atoms with Crippen LogP contribution in [0.2, 0.25) is 0 Å². The van der Waals surface area contributed by atoms with E-state index >= 15 is 0 Å². The molecule has 0 aliphatic heterocycles. The van der Waals surface area contributed by atoms with Crippen molar-refractivity contribution in [3.8, 4) is 11.4 Å². The van der Waals surface area contributed by atoms with Crippen molar-refractivity contribution >= 4 is 0 Å². The predicted octanol–water partition coefficient (Wildman–Crippen LogP) is 0.667. The minimum absolute atomic E-state index is 0.0702. The second-order valence-corrected chi connectivity index (χ2v) is 2.97. The van der Waals surface area contributed by atoms with Gasteiger partial charge in [0.1, 0.15) is 0 Å². The summed E-state index contributed by atoms with van der Waals surface area (Å²) in [5.41, 5.74) is 2.36. The maximum absolute atomic E-state index is 9.03. The van der Waals surface area contributed by atoms with Gasteiger partial charge in [0, 0.05) is 12.4 Å². The number of nitrogens with one attached hydrogen (secondary N) is 1. The van der Waals surface area contributed by atoms with Gasteiger partial charge in [-0.25, -0.2) is 9.97 Å². The molecule has 0 amide bonds. The summed E-state index contributed by atoms with van der Waals surface area (Å²) in [6.45, 7) is 1.80. The lowest BCUT2D eigenvalue weighted by Gasteiger charge is -2.02. The first kappa shape index (κ1) is 8.83. The number of aliphatic hydroxyl groups excluding tert-OH is 1. The summed E-state index contributed by atoms with van der Waals surface area (Å²) in [4.78, 5) is 8.36. The van der Waals surface area contributed by atoms with Gasteiger partial charge >= 0.3 is 0 Å². The van der Waals surface area contributed by atoms with Gasteiger partial charge < -0.3 is 5.11 Å². The molecule has 5 nitrogen and oxygen atoms in total. The van der Waals surface area contributed by atoms with Crippen LogP contribution in [0.15, 0.2) is 18.6 Å². The van der Waals surface area contributed by atoms with Gasteiger partial charge in [-0.05, 0) is 12.5 Å². The van der Waals surface area contributed by atoms with E-state index in [-0.39, 0.29) is 6.61 Å². The molecule has 72 valence electrons. The van der Waals surface area contributed by atoms with Crippen molar-refractivity contribution in [2.75, 3.05) is 0 Å². The van der Waals surface area contributed by atoms with Crippen LogP contribution in [0.1, 0.15) is 11.3 Å². The predicted molar refractivity (Wildman–Crippen MR) is 50.3 cm³/mol. The number of aromatic amines is 1. The lowest BCUT2D eigenvalue weighted by molar-refractivity contribution is 0.276. The Hall–Kier alpha value is -1.75. The van der Waals surface area contributed by atoms with Crippen LogP contribution >= 0.6 is 0 Å². The SMILES string of the molecule is Cc1cnc(-c2cn[nH]c2)nc1CO. The van der Waals surface area contributed by atoms with E-state index in [0.29, 0.717) is 11.5 Å². The van der Waals surface area contributed by atoms with Gasteiger partial charge in [-0.15, -0.1) is 0 Å². The average molecular weight is 190 g/mol. The zero-order valence-corrected chi connectivity index (χ0v) is 7.73. The van der Waals surface area contributed by atoms with Crippen LogP contribution in [0.25, 0.3) is 11.4 Å². The molecular formula is C9H10N4O. The van der Waals surface area contributed by atoms with Gasteiger partial charge in [-0.2, -0.15) is 5.10 Å². The summed E-state index contributed by atoms with van der Waals surface area (Å²) >= 11 is 0. The van der Waals surface area contributed by atoms with Crippen LogP contribution in [0.3, 0.4) is 0 Å². The molecule has 0 radical (unpaired) electrons. The smallest absolute Gasteiger partial charge is 0.162 e. The zero-order valence-electron chi connectivity index (χ0n) is 7.73. The highest BCUT2D eigenvalue weighted by Gasteiger charge is 2.05. The summed E-state index contributed by atoms with van der Waals surface area (Å²) in [5.74, 6) is 0.577. The first-order valence-corrected chi connectivity index (χ1v) is 4.24. The molecule has 2 aromatic heterocycles. The average Bonchev–Trinajstić information content (AvgIpc) is 2.71. The quantitative estimate of drug-likeness (QED) is 0.729. The van der Waals surface area contributed by atoms with Crippen molar-refractivity contribution in [2.45, 2.75) is 13.5 Å². The molecule has 0 bridgehead atoms. The van der Waals surface area contributed by atoms with E-state index in [1.807, 2.05) is 6.92 Å². The molecule has 14 heavy (non-hydrogen) atoms. The topological polar surface area (TPSA) is 74.7 Å². The number of hydrogen-bond donors (Lipinski definition) is 2. The maximum atomic E-state index is 9.03. The van der Waals surface area contributed by atoms with E-state index in [1.54, 1.807) is 18.6 Å². The third-order valence-electron chi connectivity index (χ3n) is 1.98. The Morgan fingerprint density at radius 1 is 1.43 bits per heavy atom. The largest absolute Gasteiger partial charge is 0.390 e. The molecule has 0 fully saturated rings. The van der Waals surface area contributed by atoms with E-state index in [4.69, 9.17) is 5.11 Å². The summed E-state index contributed by atoms with van der Waals surface area (Å²) in [6.07, 6.45) is 5.05. The Bertz CT molecular complexity index is 424. The third kappa shape index (κ3) is 1.49. The molecule has 2 rings (SSSR count). The number of aromatic nitrogens is 4. The molecule has 2 aromatic rings. The van der Waals surface area contributed by atoms with Crippen LogP contribution in [0.4, 0.5) is 0 Å². The van der Waals surface area contributed by atoms with Crippen LogP contribution in [-0.4, -0.2) is 25.3 Å². The highest BCUT2D eigenvalue weighted by molar-refractivity contribution is 5.51. The molecule has 0 saturated heterocycles. The molecule has 0 aromatic carbocycles. The van der Waals surface area contributed by atoms with Gasteiger partial charge in [0.25, 0.3) is 0 Å². The van der Waals surface area contributed by atoms with Gasteiger partial charge in [0.05, 0.1) is 24.1 Å². The van der Waals surface area contributed by atoms with E-state index in [1.165, 1.54) is 0 Å². The number of rotatable bonds is 2. The normalized spacial score (nSPS) is 10.4. The van der Waals surface area contributed by atoms with Crippen LogP contribution in [-0.2, 0) is 6.61 Å². The Balaban J connectivity index is 2.46. The third-order valence-corrected chi connectivity index (χ3v) is 1.98. The monoisotopic (exact) mass is 190 g/mol. The number of aryl methyl sites for hydroxylation is 1. The second kappa shape index (κ2) is 3.55. The highest BCUT2D eigenvalue weighted by Crippen LogP contribution is 2.13. The zero-order chi connectivity index (χ0) is 9.97. The fourth-order valence-electron chi connectivity index (χ4n) is 1.15. The van der Waals surface area contributed by atoms with Crippen molar-refractivity contribution < 1.29 is 5.11 Å². The number of aliphatic hydroxyl groups is 1.